The van der Waals surface area contributed by atoms with E-state index in [0.29, 0.717) is 5.69 Å². The molecule has 0 bridgehead atoms. The maximum absolute atomic E-state index is 11.0. The molecule has 0 saturated carbocycles. The molecule has 0 aromatic carbocycles. The van der Waals surface area contributed by atoms with Crippen molar-refractivity contribution in [2.45, 2.75) is 39.3 Å². The van der Waals surface area contributed by atoms with Crippen LogP contribution < -0.4 is 0 Å². The molecule has 0 aliphatic heterocycles. The number of hydrogen-bond donors (Lipinski definition) is 2. The Morgan fingerprint density at radius 3 is 2.67 bits per heavy atom. The quantitative estimate of drug-likeness (QED) is 0.832. The van der Waals surface area contributed by atoms with Gasteiger partial charge in [-0.05, 0) is 12.3 Å². The van der Waals surface area contributed by atoms with Gasteiger partial charge in [0, 0.05) is 24.9 Å². The van der Waals surface area contributed by atoms with E-state index in [-0.39, 0.29) is 18.6 Å². The first-order chi connectivity index (χ1) is 8.45. The van der Waals surface area contributed by atoms with E-state index in [0.717, 1.165) is 17.8 Å². The number of aliphatic hydroxyl groups excluding tert-OH is 1. The number of aromatic nitrogens is 1. The first-order valence-corrected chi connectivity index (χ1v) is 6.83. The van der Waals surface area contributed by atoms with Crippen molar-refractivity contribution in [2.24, 2.45) is 5.92 Å². The maximum Gasteiger partial charge on any atom is 0.407 e. The molecule has 18 heavy (non-hydrogen) atoms. The lowest BCUT2D eigenvalue weighted by atomic mass is 9.98. The van der Waals surface area contributed by atoms with Crippen molar-refractivity contribution in [1.82, 2.24) is 9.88 Å². The van der Waals surface area contributed by atoms with Gasteiger partial charge in [0.1, 0.15) is 0 Å². The summed E-state index contributed by atoms with van der Waals surface area (Å²) in [6.07, 6.45) is 0.591. The molecule has 6 heteroatoms. The second-order valence-electron chi connectivity index (χ2n) is 4.63. The van der Waals surface area contributed by atoms with Crippen LogP contribution in [-0.4, -0.2) is 39.3 Å². The Balaban J connectivity index is 2.59. The Labute approximate surface area is 111 Å². The second kappa shape index (κ2) is 6.70. The Bertz CT molecular complexity index is 392. The van der Waals surface area contributed by atoms with Crippen LogP contribution in [-0.2, 0) is 13.0 Å². The first-order valence-electron chi connectivity index (χ1n) is 5.95. The maximum atomic E-state index is 11.0. The number of nitrogens with zero attached hydrogens (tertiary/aromatic N) is 2. The lowest BCUT2D eigenvalue weighted by Gasteiger charge is -2.28. The van der Waals surface area contributed by atoms with E-state index in [1.165, 1.54) is 16.2 Å². The van der Waals surface area contributed by atoms with Crippen LogP contribution in [0.3, 0.4) is 0 Å². The lowest BCUT2D eigenvalue weighted by Crippen LogP contribution is -2.39. The molecule has 1 aromatic heterocycles. The third-order valence-electron chi connectivity index (χ3n) is 2.98. The molecule has 2 N–H and O–H groups in total. The van der Waals surface area contributed by atoms with E-state index in [2.05, 4.69) is 4.98 Å². The Morgan fingerprint density at radius 1 is 1.56 bits per heavy atom. The van der Waals surface area contributed by atoms with E-state index in [9.17, 15) is 4.79 Å². The van der Waals surface area contributed by atoms with Gasteiger partial charge in [0.2, 0.25) is 0 Å². The predicted molar refractivity (Wildman–Crippen MR) is 70.8 cm³/mol. The average Bonchev–Trinajstić information content (AvgIpc) is 2.76. The Morgan fingerprint density at radius 2 is 2.22 bits per heavy atom. The smallest absolute Gasteiger partial charge is 0.407 e. The van der Waals surface area contributed by atoms with Crippen LogP contribution >= 0.6 is 11.3 Å². The van der Waals surface area contributed by atoms with Crippen molar-refractivity contribution < 1.29 is 15.0 Å². The van der Waals surface area contributed by atoms with Gasteiger partial charge in [0.05, 0.1) is 17.3 Å². The number of rotatable bonds is 6. The third kappa shape index (κ3) is 3.96. The van der Waals surface area contributed by atoms with Gasteiger partial charge < -0.3 is 15.1 Å². The fourth-order valence-electron chi connectivity index (χ4n) is 1.92. The molecule has 1 aromatic rings. The summed E-state index contributed by atoms with van der Waals surface area (Å²) in [6, 6.07) is -0.0102. The molecule has 1 rings (SSSR count). The third-order valence-corrected chi connectivity index (χ3v) is 3.94. The van der Waals surface area contributed by atoms with Crippen molar-refractivity contribution in [3.8, 4) is 0 Å². The minimum Gasteiger partial charge on any atom is -0.465 e. The van der Waals surface area contributed by atoms with Crippen molar-refractivity contribution in [3.05, 3.63) is 16.1 Å². The van der Waals surface area contributed by atoms with Gasteiger partial charge in [-0.25, -0.2) is 9.78 Å². The largest absolute Gasteiger partial charge is 0.465 e. The highest BCUT2D eigenvalue weighted by Gasteiger charge is 2.22. The zero-order chi connectivity index (χ0) is 13.7. The van der Waals surface area contributed by atoms with E-state index in [1.807, 2.05) is 19.2 Å². The Kier molecular flexibility index (Phi) is 5.55. The molecule has 0 saturated heterocycles. The standard InChI is InChI=1S/C12H20N2O3S/c1-8(2)10(14(3)12(16)17)4-5-11-13-9(6-15)7-18-11/h7-8,10,15H,4-6H2,1-3H3,(H,16,17)/t10-/m1/s1. The average molecular weight is 272 g/mol. The number of aliphatic hydroxyl groups is 1. The summed E-state index contributed by atoms with van der Waals surface area (Å²) in [5.74, 6) is 0.267. The number of carbonyl (C=O) groups is 1. The summed E-state index contributed by atoms with van der Waals surface area (Å²) in [5.41, 5.74) is 0.683. The fraction of sp³-hybridized carbons (Fsp3) is 0.667. The number of amides is 1. The highest BCUT2D eigenvalue weighted by atomic mass is 32.1. The molecule has 0 fully saturated rings. The molecule has 0 aliphatic rings. The highest BCUT2D eigenvalue weighted by Crippen LogP contribution is 2.18. The predicted octanol–water partition coefficient (Wildman–Crippen LogP) is 2.20. The molecule has 5 nitrogen and oxygen atoms in total. The molecule has 102 valence electrons. The molecular formula is C12H20N2O3S. The molecule has 1 heterocycles. The van der Waals surface area contributed by atoms with Crippen LogP contribution in [0.2, 0.25) is 0 Å². The number of hydrogen-bond acceptors (Lipinski definition) is 4. The van der Waals surface area contributed by atoms with Gasteiger partial charge in [0.15, 0.2) is 0 Å². The summed E-state index contributed by atoms with van der Waals surface area (Å²) in [4.78, 5) is 16.6. The van der Waals surface area contributed by atoms with Gasteiger partial charge in [-0.2, -0.15) is 0 Å². The molecule has 1 amide bonds. The minimum absolute atomic E-state index is 0.0102. The van der Waals surface area contributed by atoms with Crippen LogP contribution in [0.25, 0.3) is 0 Å². The molecule has 0 radical (unpaired) electrons. The number of aryl methyl sites for hydroxylation is 1. The van der Waals surface area contributed by atoms with Gasteiger partial charge in [-0.1, -0.05) is 13.8 Å². The van der Waals surface area contributed by atoms with Crippen molar-refractivity contribution >= 4 is 17.4 Å². The SMILES string of the molecule is CC(C)[C@@H](CCc1nc(CO)cs1)N(C)C(=O)O. The summed E-state index contributed by atoms with van der Waals surface area (Å²) in [5, 5.41) is 20.7. The van der Waals surface area contributed by atoms with Crippen LogP contribution in [0.5, 0.6) is 0 Å². The fourth-order valence-corrected chi connectivity index (χ4v) is 2.73. The Hall–Kier alpha value is -1.14. The van der Waals surface area contributed by atoms with Gasteiger partial charge >= 0.3 is 6.09 Å². The lowest BCUT2D eigenvalue weighted by molar-refractivity contribution is 0.122. The highest BCUT2D eigenvalue weighted by molar-refractivity contribution is 7.09. The topological polar surface area (TPSA) is 73.7 Å². The monoisotopic (exact) mass is 272 g/mol. The van der Waals surface area contributed by atoms with Gasteiger partial charge in [-0.3, -0.25) is 0 Å². The van der Waals surface area contributed by atoms with Crippen molar-refractivity contribution in [1.29, 1.82) is 0 Å². The minimum atomic E-state index is -0.899. The van der Waals surface area contributed by atoms with Crippen LogP contribution in [0.4, 0.5) is 4.79 Å². The van der Waals surface area contributed by atoms with Gasteiger partial charge in [0.25, 0.3) is 0 Å². The zero-order valence-electron chi connectivity index (χ0n) is 11.0. The molecule has 0 unspecified atom stereocenters. The molecule has 1 atom stereocenters. The summed E-state index contributed by atoms with van der Waals surface area (Å²) in [7, 11) is 1.61. The number of thiazole rings is 1. The van der Waals surface area contributed by atoms with E-state index < -0.39 is 6.09 Å². The van der Waals surface area contributed by atoms with Crippen LogP contribution in [0.15, 0.2) is 5.38 Å². The summed E-state index contributed by atoms with van der Waals surface area (Å²) >= 11 is 1.51. The molecule has 0 aliphatic carbocycles. The first kappa shape index (κ1) is 14.9. The van der Waals surface area contributed by atoms with Crippen molar-refractivity contribution in [2.75, 3.05) is 7.05 Å². The van der Waals surface area contributed by atoms with Crippen LogP contribution in [0.1, 0.15) is 31.0 Å². The van der Waals surface area contributed by atoms with E-state index in [4.69, 9.17) is 10.2 Å². The normalized spacial score (nSPS) is 12.7. The molecule has 0 spiro atoms. The summed E-state index contributed by atoms with van der Waals surface area (Å²) in [6.45, 7) is 4.00. The zero-order valence-corrected chi connectivity index (χ0v) is 11.8. The second-order valence-corrected chi connectivity index (χ2v) is 5.58. The van der Waals surface area contributed by atoms with Gasteiger partial charge in [-0.15, -0.1) is 11.3 Å². The number of carboxylic acid groups (broad SMARTS) is 1. The molecular weight excluding hydrogens is 252 g/mol. The van der Waals surface area contributed by atoms with E-state index >= 15 is 0 Å². The van der Waals surface area contributed by atoms with E-state index in [1.54, 1.807) is 7.05 Å². The van der Waals surface area contributed by atoms with Crippen LogP contribution in [0, 0.1) is 5.92 Å². The summed E-state index contributed by atoms with van der Waals surface area (Å²) < 4.78 is 0. The van der Waals surface area contributed by atoms with Crippen molar-refractivity contribution in [3.63, 3.8) is 0 Å².